The van der Waals surface area contributed by atoms with Crippen LogP contribution >= 0.6 is 11.3 Å². The summed E-state index contributed by atoms with van der Waals surface area (Å²) in [6, 6.07) is 3.88. The number of aryl methyl sites for hydroxylation is 2. The zero-order valence-electron chi connectivity index (χ0n) is 13.5. The smallest absolute Gasteiger partial charge is 0.248 e. The average Bonchev–Trinajstić information content (AvgIpc) is 3.18. The molecule has 0 spiro atoms. The quantitative estimate of drug-likeness (QED) is 0.573. The first kappa shape index (κ1) is 15.6. The number of allylic oxidation sites excluding steroid dienone is 1. The summed E-state index contributed by atoms with van der Waals surface area (Å²) in [6.45, 7) is 1.99. The van der Waals surface area contributed by atoms with E-state index in [0.29, 0.717) is 25.0 Å². The number of imidazole rings is 1. The normalized spacial score (nSPS) is 13.4. The first-order valence-electron chi connectivity index (χ1n) is 7.89. The molecule has 0 saturated heterocycles. The van der Waals surface area contributed by atoms with Crippen LogP contribution in [-0.4, -0.2) is 24.9 Å². The highest BCUT2D eigenvalue weighted by Gasteiger charge is 2.22. The molecule has 126 valence electrons. The van der Waals surface area contributed by atoms with E-state index >= 15 is 0 Å². The minimum Gasteiger partial charge on any atom is -0.345 e. The number of nitrogens with one attached hydrogen (secondary N) is 1. The number of hydrogen-bond donors (Lipinski definition) is 1. The number of fused-ring (bicyclic) bond motifs is 1. The van der Waals surface area contributed by atoms with Crippen molar-refractivity contribution in [2.24, 2.45) is 0 Å². The van der Waals surface area contributed by atoms with Gasteiger partial charge in [-0.3, -0.25) is 15.1 Å². The van der Waals surface area contributed by atoms with Crippen LogP contribution in [0.3, 0.4) is 0 Å². The van der Waals surface area contributed by atoms with E-state index < -0.39 is 0 Å². The maximum atomic E-state index is 10.9. The van der Waals surface area contributed by atoms with Crippen molar-refractivity contribution >= 4 is 17.4 Å². The maximum Gasteiger partial charge on any atom is 0.248 e. The van der Waals surface area contributed by atoms with Gasteiger partial charge >= 0.3 is 0 Å². The van der Waals surface area contributed by atoms with Crippen molar-refractivity contribution in [3.05, 3.63) is 68.1 Å². The summed E-state index contributed by atoms with van der Waals surface area (Å²) in [5.74, 6) is 0.818. The molecule has 4 rings (SSSR count). The number of hydrogen-bond acceptors (Lipinski definition) is 6. The molecule has 3 aromatic heterocycles. The fourth-order valence-corrected chi connectivity index (χ4v) is 3.93. The van der Waals surface area contributed by atoms with Crippen LogP contribution in [0.1, 0.15) is 34.2 Å². The van der Waals surface area contributed by atoms with Gasteiger partial charge in [-0.05, 0) is 25.5 Å². The summed E-state index contributed by atoms with van der Waals surface area (Å²) < 4.78 is 0. The van der Waals surface area contributed by atoms with Crippen LogP contribution < -0.4 is 0 Å². The van der Waals surface area contributed by atoms with Crippen LogP contribution in [0.5, 0.6) is 0 Å². The second kappa shape index (κ2) is 6.21. The Kier molecular flexibility index (Phi) is 3.89. The highest BCUT2D eigenvalue weighted by molar-refractivity contribution is 7.15. The first-order valence-corrected chi connectivity index (χ1v) is 8.71. The standard InChI is InChI=1S/C17H15N5O2S/c1-10-15(25-17(19-10)11-4-6-18-7-5-11)9-16-20-13-3-2-12(22(23)24)8-14(13)21-16/h4-8H,2-3,9H2,1H3,(H,20,21). The Morgan fingerprint density at radius 2 is 2.08 bits per heavy atom. The topological polar surface area (TPSA) is 97.6 Å². The average molecular weight is 353 g/mol. The van der Waals surface area contributed by atoms with Gasteiger partial charge in [0.2, 0.25) is 5.70 Å². The summed E-state index contributed by atoms with van der Waals surface area (Å²) in [7, 11) is 0. The van der Waals surface area contributed by atoms with E-state index in [4.69, 9.17) is 0 Å². The molecule has 0 aliphatic heterocycles. The van der Waals surface area contributed by atoms with Gasteiger partial charge < -0.3 is 4.98 Å². The van der Waals surface area contributed by atoms with Crippen molar-refractivity contribution in [1.29, 1.82) is 0 Å². The number of nitro groups is 1. The third kappa shape index (κ3) is 3.08. The van der Waals surface area contributed by atoms with Gasteiger partial charge in [-0.1, -0.05) is 0 Å². The SMILES string of the molecule is Cc1nc(-c2ccncc2)sc1Cc1nc2c([nH]1)CCC([N+](=O)[O-])=C2. The third-order valence-electron chi connectivity index (χ3n) is 4.18. The Hall–Kier alpha value is -2.87. The number of pyridine rings is 1. The van der Waals surface area contributed by atoms with Crippen LogP contribution in [0.4, 0.5) is 0 Å². The lowest BCUT2D eigenvalue weighted by molar-refractivity contribution is -0.426. The molecule has 0 aromatic carbocycles. The first-order chi connectivity index (χ1) is 12.1. The minimum absolute atomic E-state index is 0.222. The Morgan fingerprint density at radius 3 is 2.84 bits per heavy atom. The summed E-state index contributed by atoms with van der Waals surface area (Å²) in [5.41, 5.74) is 3.90. The van der Waals surface area contributed by atoms with Crippen LogP contribution in [0.15, 0.2) is 30.2 Å². The van der Waals surface area contributed by atoms with Crippen LogP contribution in [0.2, 0.25) is 0 Å². The number of rotatable bonds is 4. The van der Waals surface area contributed by atoms with E-state index in [1.54, 1.807) is 29.8 Å². The molecule has 0 bridgehead atoms. The molecule has 0 saturated carbocycles. The molecule has 25 heavy (non-hydrogen) atoms. The van der Waals surface area contributed by atoms with E-state index in [1.165, 1.54) is 0 Å². The second-order valence-electron chi connectivity index (χ2n) is 5.88. The van der Waals surface area contributed by atoms with Gasteiger partial charge in [-0.15, -0.1) is 11.3 Å². The Balaban J connectivity index is 1.60. The van der Waals surface area contributed by atoms with Gasteiger partial charge in [0, 0.05) is 47.4 Å². The van der Waals surface area contributed by atoms with Crippen molar-refractivity contribution in [1.82, 2.24) is 19.9 Å². The predicted octanol–water partition coefficient (Wildman–Crippen LogP) is 3.39. The van der Waals surface area contributed by atoms with Crippen molar-refractivity contribution in [3.8, 4) is 10.6 Å². The highest BCUT2D eigenvalue weighted by Crippen LogP contribution is 2.29. The molecule has 0 amide bonds. The fraction of sp³-hybridized carbons (Fsp3) is 0.235. The summed E-state index contributed by atoms with van der Waals surface area (Å²) in [6.07, 6.45) is 6.79. The van der Waals surface area contributed by atoms with Crippen LogP contribution in [-0.2, 0) is 12.8 Å². The molecule has 3 heterocycles. The molecule has 0 radical (unpaired) electrons. The Bertz CT molecular complexity index is 974. The van der Waals surface area contributed by atoms with E-state index in [0.717, 1.165) is 32.7 Å². The van der Waals surface area contributed by atoms with Crippen molar-refractivity contribution in [3.63, 3.8) is 0 Å². The Labute approximate surface area is 147 Å². The molecule has 1 N–H and O–H groups in total. The lowest BCUT2D eigenvalue weighted by atomic mass is 10.1. The summed E-state index contributed by atoms with van der Waals surface area (Å²) in [4.78, 5) is 28.3. The highest BCUT2D eigenvalue weighted by atomic mass is 32.1. The molecule has 0 atom stereocenters. The fourth-order valence-electron chi connectivity index (χ4n) is 2.86. The molecule has 1 aliphatic rings. The van der Waals surface area contributed by atoms with Crippen LogP contribution in [0, 0.1) is 17.0 Å². The number of nitrogens with zero attached hydrogens (tertiary/aromatic N) is 4. The zero-order valence-corrected chi connectivity index (χ0v) is 14.3. The monoisotopic (exact) mass is 353 g/mol. The molecule has 1 aliphatic carbocycles. The molecule has 7 nitrogen and oxygen atoms in total. The number of H-pyrrole nitrogens is 1. The van der Waals surface area contributed by atoms with Crippen molar-refractivity contribution in [2.75, 3.05) is 0 Å². The summed E-state index contributed by atoms with van der Waals surface area (Å²) in [5, 5.41) is 11.9. The molecular formula is C17H15N5O2S. The zero-order chi connectivity index (χ0) is 17.4. The Morgan fingerprint density at radius 1 is 1.28 bits per heavy atom. The number of thiazole rings is 1. The molecule has 3 aromatic rings. The summed E-state index contributed by atoms with van der Waals surface area (Å²) >= 11 is 1.64. The van der Waals surface area contributed by atoms with Gasteiger partial charge in [0.25, 0.3) is 0 Å². The van der Waals surface area contributed by atoms with Gasteiger partial charge in [0.1, 0.15) is 10.8 Å². The van der Waals surface area contributed by atoms with Gasteiger partial charge in [-0.2, -0.15) is 0 Å². The van der Waals surface area contributed by atoms with E-state index in [9.17, 15) is 10.1 Å². The van der Waals surface area contributed by atoms with Crippen LogP contribution in [0.25, 0.3) is 16.6 Å². The second-order valence-corrected chi connectivity index (χ2v) is 6.96. The van der Waals surface area contributed by atoms with Gasteiger partial charge in [0.05, 0.1) is 16.3 Å². The number of aromatic amines is 1. The van der Waals surface area contributed by atoms with E-state index in [-0.39, 0.29) is 10.6 Å². The lowest BCUT2D eigenvalue weighted by Crippen LogP contribution is -2.05. The largest absolute Gasteiger partial charge is 0.345 e. The van der Waals surface area contributed by atoms with E-state index in [2.05, 4.69) is 19.9 Å². The maximum absolute atomic E-state index is 10.9. The molecular weight excluding hydrogens is 338 g/mol. The van der Waals surface area contributed by atoms with Gasteiger partial charge in [-0.25, -0.2) is 9.97 Å². The number of aromatic nitrogens is 4. The van der Waals surface area contributed by atoms with Crippen molar-refractivity contribution in [2.45, 2.75) is 26.2 Å². The predicted molar refractivity (Wildman–Crippen MR) is 94.8 cm³/mol. The van der Waals surface area contributed by atoms with Crippen molar-refractivity contribution < 1.29 is 4.92 Å². The minimum atomic E-state index is -0.328. The van der Waals surface area contributed by atoms with Gasteiger partial charge in [0.15, 0.2) is 0 Å². The molecule has 0 unspecified atom stereocenters. The lowest BCUT2D eigenvalue weighted by Gasteiger charge is -2.04. The molecule has 0 fully saturated rings. The van der Waals surface area contributed by atoms with E-state index in [1.807, 2.05) is 19.1 Å². The molecule has 8 heteroatoms. The third-order valence-corrected chi connectivity index (χ3v) is 5.38.